The van der Waals surface area contributed by atoms with Crippen LogP contribution in [-0.4, -0.2) is 42.3 Å². The van der Waals surface area contributed by atoms with Gasteiger partial charge < -0.3 is 20.1 Å². The van der Waals surface area contributed by atoms with Crippen molar-refractivity contribution in [2.45, 2.75) is 26.3 Å². The highest BCUT2D eigenvalue weighted by Crippen LogP contribution is 2.22. The van der Waals surface area contributed by atoms with Crippen LogP contribution in [0.3, 0.4) is 0 Å². The van der Waals surface area contributed by atoms with E-state index in [0.29, 0.717) is 30.4 Å². The van der Waals surface area contributed by atoms with E-state index < -0.39 is 0 Å². The van der Waals surface area contributed by atoms with Crippen molar-refractivity contribution >= 4 is 11.7 Å². The van der Waals surface area contributed by atoms with Gasteiger partial charge in [0.05, 0.1) is 12.2 Å². The van der Waals surface area contributed by atoms with E-state index >= 15 is 0 Å². The van der Waals surface area contributed by atoms with Crippen molar-refractivity contribution < 1.29 is 14.6 Å². The third kappa shape index (κ3) is 4.98. The zero-order valence-corrected chi connectivity index (χ0v) is 15.7. The zero-order chi connectivity index (χ0) is 19.1. The van der Waals surface area contributed by atoms with E-state index in [4.69, 9.17) is 4.74 Å². The number of aliphatic hydroxyl groups is 1. The zero-order valence-electron chi connectivity index (χ0n) is 15.7. The number of amides is 1. The SMILES string of the molecule is CCOc1ccccc1C(=O)NCc1ccc(N2CCC(CO)CC2)nc1. The van der Waals surface area contributed by atoms with E-state index in [9.17, 15) is 9.90 Å². The summed E-state index contributed by atoms with van der Waals surface area (Å²) >= 11 is 0. The second-order valence-corrected chi connectivity index (χ2v) is 6.75. The number of pyridine rings is 1. The van der Waals surface area contributed by atoms with Crippen LogP contribution in [0.5, 0.6) is 5.75 Å². The lowest BCUT2D eigenvalue weighted by Crippen LogP contribution is -2.35. The van der Waals surface area contributed by atoms with Gasteiger partial charge in [0.1, 0.15) is 11.6 Å². The molecule has 0 bridgehead atoms. The molecule has 1 aromatic heterocycles. The number of carbonyl (C=O) groups is 1. The molecule has 1 aliphatic rings. The number of nitrogens with one attached hydrogen (secondary N) is 1. The van der Waals surface area contributed by atoms with Gasteiger partial charge in [-0.2, -0.15) is 0 Å². The lowest BCUT2D eigenvalue weighted by Gasteiger charge is -2.32. The number of aliphatic hydroxyl groups excluding tert-OH is 1. The van der Waals surface area contributed by atoms with Gasteiger partial charge in [-0.05, 0) is 49.4 Å². The Bertz CT molecular complexity index is 741. The summed E-state index contributed by atoms with van der Waals surface area (Å²) in [5.41, 5.74) is 1.49. The van der Waals surface area contributed by atoms with Gasteiger partial charge in [-0.25, -0.2) is 4.98 Å². The van der Waals surface area contributed by atoms with Crippen LogP contribution in [0.2, 0.25) is 0 Å². The van der Waals surface area contributed by atoms with Crippen molar-refractivity contribution in [3.8, 4) is 5.75 Å². The maximum absolute atomic E-state index is 12.4. The molecule has 27 heavy (non-hydrogen) atoms. The highest BCUT2D eigenvalue weighted by molar-refractivity contribution is 5.96. The highest BCUT2D eigenvalue weighted by Gasteiger charge is 2.19. The molecule has 0 saturated carbocycles. The van der Waals surface area contributed by atoms with Crippen LogP contribution in [-0.2, 0) is 6.54 Å². The van der Waals surface area contributed by atoms with Gasteiger partial charge in [0, 0.05) is 32.4 Å². The van der Waals surface area contributed by atoms with Crippen LogP contribution in [0.15, 0.2) is 42.6 Å². The lowest BCUT2D eigenvalue weighted by atomic mass is 9.98. The smallest absolute Gasteiger partial charge is 0.255 e. The lowest BCUT2D eigenvalue weighted by molar-refractivity contribution is 0.0947. The minimum atomic E-state index is -0.158. The molecule has 1 aromatic carbocycles. The second-order valence-electron chi connectivity index (χ2n) is 6.75. The molecule has 3 rings (SSSR count). The van der Waals surface area contributed by atoms with Crippen LogP contribution >= 0.6 is 0 Å². The van der Waals surface area contributed by atoms with Gasteiger partial charge >= 0.3 is 0 Å². The van der Waals surface area contributed by atoms with Gasteiger partial charge in [-0.1, -0.05) is 18.2 Å². The van der Waals surface area contributed by atoms with Crippen LogP contribution in [0.4, 0.5) is 5.82 Å². The minimum Gasteiger partial charge on any atom is -0.493 e. The third-order valence-corrected chi connectivity index (χ3v) is 4.89. The molecular formula is C21H27N3O3. The van der Waals surface area contributed by atoms with Gasteiger partial charge in [0.25, 0.3) is 5.91 Å². The number of benzene rings is 1. The van der Waals surface area contributed by atoms with E-state index in [-0.39, 0.29) is 12.5 Å². The molecule has 6 heteroatoms. The molecule has 1 saturated heterocycles. The molecule has 2 N–H and O–H groups in total. The quantitative estimate of drug-likeness (QED) is 0.785. The van der Waals surface area contributed by atoms with Crippen molar-refractivity contribution in [1.29, 1.82) is 0 Å². The van der Waals surface area contributed by atoms with Gasteiger partial charge in [-0.3, -0.25) is 4.79 Å². The van der Waals surface area contributed by atoms with E-state index in [2.05, 4.69) is 15.2 Å². The largest absolute Gasteiger partial charge is 0.493 e. The number of hydrogen-bond donors (Lipinski definition) is 2. The minimum absolute atomic E-state index is 0.158. The van der Waals surface area contributed by atoms with E-state index in [1.54, 1.807) is 12.1 Å². The Morgan fingerprint density at radius 1 is 1.26 bits per heavy atom. The first-order chi connectivity index (χ1) is 13.2. The first-order valence-electron chi connectivity index (χ1n) is 9.52. The number of nitrogens with zero attached hydrogens (tertiary/aromatic N) is 2. The van der Waals surface area contributed by atoms with Crippen LogP contribution in [0.1, 0.15) is 35.7 Å². The fraction of sp³-hybridized carbons (Fsp3) is 0.429. The van der Waals surface area contributed by atoms with Gasteiger partial charge in [-0.15, -0.1) is 0 Å². The van der Waals surface area contributed by atoms with Gasteiger partial charge in [0.15, 0.2) is 0 Å². The topological polar surface area (TPSA) is 74.7 Å². The molecule has 0 atom stereocenters. The molecule has 144 valence electrons. The number of hydrogen-bond acceptors (Lipinski definition) is 5. The highest BCUT2D eigenvalue weighted by atomic mass is 16.5. The van der Waals surface area contributed by atoms with Crippen LogP contribution < -0.4 is 15.0 Å². The van der Waals surface area contributed by atoms with Crippen LogP contribution in [0, 0.1) is 5.92 Å². The number of rotatable bonds is 7. The average molecular weight is 369 g/mol. The molecule has 1 amide bonds. The van der Waals surface area contributed by atoms with Crippen molar-refractivity contribution in [1.82, 2.24) is 10.3 Å². The van der Waals surface area contributed by atoms with Crippen LogP contribution in [0.25, 0.3) is 0 Å². The molecular weight excluding hydrogens is 342 g/mol. The summed E-state index contributed by atoms with van der Waals surface area (Å²) < 4.78 is 5.51. The summed E-state index contributed by atoms with van der Waals surface area (Å²) in [6.45, 7) is 4.94. The molecule has 2 aromatic rings. The first-order valence-corrected chi connectivity index (χ1v) is 9.52. The normalized spacial score (nSPS) is 14.8. The molecule has 1 aliphatic heterocycles. The monoisotopic (exact) mass is 369 g/mol. The average Bonchev–Trinajstić information content (AvgIpc) is 2.73. The molecule has 0 aliphatic carbocycles. The summed E-state index contributed by atoms with van der Waals surface area (Å²) in [5, 5.41) is 12.2. The van der Waals surface area contributed by atoms with Crippen molar-refractivity contribution in [3.05, 3.63) is 53.7 Å². The fourth-order valence-corrected chi connectivity index (χ4v) is 3.27. The maximum atomic E-state index is 12.4. The number of ether oxygens (including phenoxy) is 1. The number of para-hydroxylation sites is 1. The Balaban J connectivity index is 1.55. The summed E-state index contributed by atoms with van der Waals surface area (Å²) in [6.07, 6.45) is 3.80. The number of piperidine rings is 1. The Kier molecular flexibility index (Phi) is 6.65. The van der Waals surface area contributed by atoms with E-state index in [1.807, 2.05) is 37.4 Å². The Morgan fingerprint density at radius 2 is 2.04 bits per heavy atom. The molecule has 2 heterocycles. The predicted molar refractivity (Wildman–Crippen MR) is 105 cm³/mol. The molecule has 0 spiro atoms. The second kappa shape index (κ2) is 9.37. The summed E-state index contributed by atoms with van der Waals surface area (Å²) in [5.74, 6) is 1.80. The third-order valence-electron chi connectivity index (χ3n) is 4.89. The molecule has 6 nitrogen and oxygen atoms in total. The van der Waals surface area contributed by atoms with Crippen molar-refractivity contribution in [2.75, 3.05) is 31.2 Å². The van der Waals surface area contributed by atoms with E-state index in [0.717, 1.165) is 37.3 Å². The summed E-state index contributed by atoms with van der Waals surface area (Å²) in [7, 11) is 0. The van der Waals surface area contributed by atoms with Crippen molar-refractivity contribution in [2.24, 2.45) is 5.92 Å². The maximum Gasteiger partial charge on any atom is 0.255 e. The Hall–Kier alpha value is -2.60. The number of aromatic nitrogens is 1. The summed E-state index contributed by atoms with van der Waals surface area (Å²) in [4.78, 5) is 19.2. The standard InChI is InChI=1S/C21H27N3O3/c1-2-27-19-6-4-3-5-18(19)21(26)23-14-17-7-8-20(22-13-17)24-11-9-16(15-25)10-12-24/h3-8,13,16,25H,2,9-12,14-15H2,1H3,(H,23,26). The molecule has 0 unspecified atom stereocenters. The number of anilines is 1. The van der Waals surface area contributed by atoms with Crippen molar-refractivity contribution in [3.63, 3.8) is 0 Å². The Labute approximate surface area is 160 Å². The molecule has 1 fully saturated rings. The van der Waals surface area contributed by atoms with Gasteiger partial charge in [0.2, 0.25) is 0 Å². The fourth-order valence-electron chi connectivity index (χ4n) is 3.27. The number of carbonyl (C=O) groups excluding carboxylic acids is 1. The first kappa shape index (κ1) is 19.2. The summed E-state index contributed by atoms with van der Waals surface area (Å²) in [6, 6.07) is 11.2. The molecule has 0 radical (unpaired) electrons. The predicted octanol–water partition coefficient (Wildman–Crippen LogP) is 2.62. The van der Waals surface area contributed by atoms with E-state index in [1.165, 1.54) is 0 Å². The Morgan fingerprint density at radius 3 is 2.70 bits per heavy atom.